The molecule has 102 valence electrons. The number of hydrogen-bond acceptors (Lipinski definition) is 6. The number of H-pyrrole nitrogens is 1. The van der Waals surface area contributed by atoms with Gasteiger partial charge in [0.1, 0.15) is 17.2 Å². The van der Waals surface area contributed by atoms with E-state index in [1.54, 1.807) is 0 Å². The smallest absolute Gasteiger partial charge is 0.155 e. The SMILES string of the molecule is Cc1nc([C@H]2CCCN(Cc3nonc3C)C2)n[nH]1. The standard InChI is InChI=1S/C12H18N6O/c1-8-11(17-19-16-8)7-18-5-3-4-10(6-18)12-13-9(2)14-15-12/h10H,3-7H2,1-2H3,(H,13,14,15)/t10-/m0/s1. The Balaban J connectivity index is 1.66. The van der Waals surface area contributed by atoms with Crippen LogP contribution in [0.3, 0.4) is 0 Å². The Labute approximate surface area is 111 Å². The average Bonchev–Trinajstić information content (AvgIpc) is 3.00. The van der Waals surface area contributed by atoms with E-state index in [4.69, 9.17) is 4.63 Å². The van der Waals surface area contributed by atoms with Gasteiger partial charge in [-0.1, -0.05) is 10.3 Å². The van der Waals surface area contributed by atoms with Crippen molar-refractivity contribution in [1.29, 1.82) is 0 Å². The minimum atomic E-state index is 0.402. The fourth-order valence-electron chi connectivity index (χ4n) is 2.56. The van der Waals surface area contributed by atoms with E-state index in [-0.39, 0.29) is 0 Å². The van der Waals surface area contributed by atoms with E-state index < -0.39 is 0 Å². The summed E-state index contributed by atoms with van der Waals surface area (Å²) in [7, 11) is 0. The summed E-state index contributed by atoms with van der Waals surface area (Å²) in [6, 6.07) is 0. The summed E-state index contributed by atoms with van der Waals surface area (Å²) in [4.78, 5) is 6.81. The van der Waals surface area contributed by atoms with Gasteiger partial charge in [-0.2, -0.15) is 5.10 Å². The zero-order valence-corrected chi connectivity index (χ0v) is 11.3. The van der Waals surface area contributed by atoms with Gasteiger partial charge in [0.15, 0.2) is 5.82 Å². The Bertz CT molecular complexity index is 548. The summed E-state index contributed by atoms with van der Waals surface area (Å²) in [5.74, 6) is 2.21. The van der Waals surface area contributed by atoms with Gasteiger partial charge in [-0.05, 0) is 33.2 Å². The molecular formula is C12H18N6O. The van der Waals surface area contributed by atoms with Gasteiger partial charge in [0.2, 0.25) is 0 Å². The van der Waals surface area contributed by atoms with Gasteiger partial charge >= 0.3 is 0 Å². The summed E-state index contributed by atoms with van der Waals surface area (Å²) >= 11 is 0. The van der Waals surface area contributed by atoms with E-state index in [0.717, 1.165) is 55.5 Å². The Kier molecular flexibility index (Phi) is 3.29. The van der Waals surface area contributed by atoms with Gasteiger partial charge < -0.3 is 0 Å². The highest BCUT2D eigenvalue weighted by Gasteiger charge is 2.25. The second-order valence-corrected chi connectivity index (χ2v) is 5.15. The van der Waals surface area contributed by atoms with Crippen LogP contribution >= 0.6 is 0 Å². The molecule has 0 unspecified atom stereocenters. The first-order chi connectivity index (χ1) is 9.22. The van der Waals surface area contributed by atoms with Crippen LogP contribution < -0.4 is 0 Å². The van der Waals surface area contributed by atoms with Crippen LogP contribution in [0.2, 0.25) is 0 Å². The van der Waals surface area contributed by atoms with Gasteiger partial charge in [-0.3, -0.25) is 10.00 Å². The summed E-state index contributed by atoms with van der Waals surface area (Å²) in [6.45, 7) is 6.68. The topological polar surface area (TPSA) is 83.7 Å². The molecule has 2 aromatic rings. The van der Waals surface area contributed by atoms with Gasteiger partial charge in [-0.15, -0.1) is 0 Å². The first-order valence-electron chi connectivity index (χ1n) is 6.61. The van der Waals surface area contributed by atoms with Crippen LogP contribution in [-0.2, 0) is 6.54 Å². The molecule has 3 rings (SSSR count). The summed E-state index contributed by atoms with van der Waals surface area (Å²) in [5, 5.41) is 15.0. The lowest BCUT2D eigenvalue weighted by Crippen LogP contribution is -2.34. The molecule has 19 heavy (non-hydrogen) atoms. The molecule has 0 spiro atoms. The third-order valence-electron chi connectivity index (χ3n) is 3.60. The van der Waals surface area contributed by atoms with Crippen molar-refractivity contribution in [3.05, 3.63) is 23.0 Å². The summed E-state index contributed by atoms with van der Waals surface area (Å²) < 4.78 is 4.75. The third-order valence-corrected chi connectivity index (χ3v) is 3.60. The lowest BCUT2D eigenvalue weighted by atomic mass is 9.97. The van der Waals surface area contributed by atoms with Gasteiger partial charge in [0.05, 0.1) is 0 Å². The maximum absolute atomic E-state index is 4.75. The van der Waals surface area contributed by atoms with Crippen molar-refractivity contribution in [3.8, 4) is 0 Å². The van der Waals surface area contributed by atoms with Crippen molar-refractivity contribution in [2.45, 2.75) is 39.2 Å². The quantitative estimate of drug-likeness (QED) is 0.894. The highest BCUT2D eigenvalue weighted by atomic mass is 16.6. The average molecular weight is 262 g/mol. The molecule has 1 N–H and O–H groups in total. The van der Waals surface area contributed by atoms with Gasteiger partial charge in [0, 0.05) is 19.0 Å². The molecule has 7 nitrogen and oxygen atoms in total. The molecule has 1 atom stereocenters. The van der Waals surface area contributed by atoms with Crippen molar-refractivity contribution >= 4 is 0 Å². The van der Waals surface area contributed by atoms with Crippen molar-refractivity contribution in [2.24, 2.45) is 0 Å². The van der Waals surface area contributed by atoms with Crippen molar-refractivity contribution < 1.29 is 4.63 Å². The molecule has 3 heterocycles. The first-order valence-corrected chi connectivity index (χ1v) is 6.61. The normalized spacial score (nSPS) is 20.8. The number of aromatic nitrogens is 5. The Morgan fingerprint density at radius 2 is 2.26 bits per heavy atom. The minimum absolute atomic E-state index is 0.402. The molecular weight excluding hydrogens is 244 g/mol. The second kappa shape index (κ2) is 5.08. The molecule has 0 aliphatic carbocycles. The summed E-state index contributed by atoms with van der Waals surface area (Å²) in [5.41, 5.74) is 1.79. The van der Waals surface area contributed by atoms with Gasteiger partial charge in [0.25, 0.3) is 0 Å². The molecule has 0 saturated carbocycles. The van der Waals surface area contributed by atoms with Gasteiger partial charge in [-0.25, -0.2) is 9.61 Å². The number of aryl methyl sites for hydroxylation is 2. The number of piperidine rings is 1. The third kappa shape index (κ3) is 2.65. The zero-order chi connectivity index (χ0) is 13.2. The van der Waals surface area contributed by atoms with E-state index in [0.29, 0.717) is 5.92 Å². The maximum Gasteiger partial charge on any atom is 0.155 e. The zero-order valence-electron chi connectivity index (χ0n) is 11.3. The molecule has 1 aliphatic rings. The van der Waals surface area contributed by atoms with Crippen LogP contribution in [0.1, 0.15) is 41.8 Å². The van der Waals surface area contributed by atoms with E-state index in [1.165, 1.54) is 0 Å². The van der Waals surface area contributed by atoms with Crippen LogP contribution in [0.15, 0.2) is 4.63 Å². The highest BCUT2D eigenvalue weighted by Crippen LogP contribution is 2.25. The molecule has 0 amide bonds. The van der Waals surface area contributed by atoms with Crippen molar-refractivity contribution in [1.82, 2.24) is 30.4 Å². The van der Waals surface area contributed by atoms with E-state index in [2.05, 4.69) is 30.4 Å². The summed E-state index contributed by atoms with van der Waals surface area (Å²) in [6.07, 6.45) is 2.30. The monoisotopic (exact) mass is 262 g/mol. The van der Waals surface area contributed by atoms with Crippen molar-refractivity contribution in [3.63, 3.8) is 0 Å². The molecule has 0 bridgehead atoms. The largest absolute Gasteiger partial charge is 0.297 e. The lowest BCUT2D eigenvalue weighted by molar-refractivity contribution is 0.190. The Morgan fingerprint density at radius 3 is 2.95 bits per heavy atom. The molecule has 2 aromatic heterocycles. The van der Waals surface area contributed by atoms with Crippen LogP contribution in [0, 0.1) is 13.8 Å². The van der Waals surface area contributed by atoms with E-state index in [9.17, 15) is 0 Å². The number of nitrogens with one attached hydrogen (secondary N) is 1. The highest BCUT2D eigenvalue weighted by molar-refractivity contribution is 5.06. The lowest BCUT2D eigenvalue weighted by Gasteiger charge is -2.30. The number of aromatic amines is 1. The molecule has 0 radical (unpaired) electrons. The van der Waals surface area contributed by atoms with E-state index in [1.807, 2.05) is 13.8 Å². The molecule has 1 saturated heterocycles. The van der Waals surface area contributed by atoms with Crippen molar-refractivity contribution in [2.75, 3.05) is 13.1 Å². The van der Waals surface area contributed by atoms with Crippen LogP contribution in [0.5, 0.6) is 0 Å². The van der Waals surface area contributed by atoms with E-state index >= 15 is 0 Å². The fraction of sp³-hybridized carbons (Fsp3) is 0.667. The predicted octanol–water partition coefficient (Wildman–Crippen LogP) is 1.18. The number of nitrogens with zero attached hydrogens (tertiary/aromatic N) is 5. The molecule has 7 heteroatoms. The Morgan fingerprint density at radius 1 is 1.37 bits per heavy atom. The van der Waals surface area contributed by atoms with Crippen LogP contribution in [0.4, 0.5) is 0 Å². The fourth-order valence-corrected chi connectivity index (χ4v) is 2.56. The minimum Gasteiger partial charge on any atom is -0.297 e. The van der Waals surface area contributed by atoms with Crippen LogP contribution in [0.25, 0.3) is 0 Å². The first kappa shape index (κ1) is 12.3. The number of rotatable bonds is 3. The number of likely N-dealkylation sites (tertiary alicyclic amines) is 1. The molecule has 0 aromatic carbocycles. The van der Waals surface area contributed by atoms with Crippen LogP contribution in [-0.4, -0.2) is 43.5 Å². The Hall–Kier alpha value is -1.76. The number of hydrogen-bond donors (Lipinski definition) is 1. The second-order valence-electron chi connectivity index (χ2n) is 5.15. The predicted molar refractivity (Wildman–Crippen MR) is 67.4 cm³/mol. The molecule has 1 aliphatic heterocycles. The maximum atomic E-state index is 4.75. The molecule has 1 fully saturated rings.